The lowest BCUT2D eigenvalue weighted by Gasteiger charge is -2.09. The molecule has 7 nitrogen and oxygen atoms in total. The van der Waals surface area contributed by atoms with E-state index >= 15 is 0 Å². The summed E-state index contributed by atoms with van der Waals surface area (Å²) in [5.74, 6) is -0.225. The summed E-state index contributed by atoms with van der Waals surface area (Å²) in [4.78, 5) is 28.1. The van der Waals surface area contributed by atoms with Crippen LogP contribution < -0.4 is 14.9 Å². The maximum atomic E-state index is 12.2. The number of esters is 1. The average molecular weight is 389 g/mol. The number of rotatable bonds is 6. The molecule has 0 saturated carbocycles. The Morgan fingerprint density at radius 1 is 1.03 bits per heavy atom. The summed E-state index contributed by atoms with van der Waals surface area (Å²) < 4.78 is 10.7. The largest absolute Gasteiger partial charge is 0.493 e. The highest BCUT2D eigenvalue weighted by molar-refractivity contribution is 5.95. The maximum absolute atomic E-state index is 12.2. The summed E-state index contributed by atoms with van der Waals surface area (Å²) in [6, 6.07) is 15.4. The third-order valence-corrected chi connectivity index (χ3v) is 3.98. The van der Waals surface area contributed by atoms with E-state index in [2.05, 4.69) is 15.5 Å². The molecule has 7 heteroatoms. The molecule has 0 unspecified atom stereocenters. The molecule has 0 saturated heterocycles. The monoisotopic (exact) mass is 389 g/mol. The number of carbonyl (C=O) groups is 2. The van der Waals surface area contributed by atoms with Crippen LogP contribution in [0.4, 0.5) is 0 Å². The van der Waals surface area contributed by atoms with E-state index in [0.29, 0.717) is 22.4 Å². The number of aromatic nitrogens is 1. The van der Waals surface area contributed by atoms with Crippen LogP contribution in [0.3, 0.4) is 0 Å². The predicted octanol–water partition coefficient (Wildman–Crippen LogP) is 3.38. The molecular formula is C22H19N3O4. The number of hydrogen-bond donors (Lipinski definition) is 1. The number of nitrogens with one attached hydrogen (secondary N) is 1. The van der Waals surface area contributed by atoms with E-state index in [1.165, 1.54) is 19.5 Å². The highest BCUT2D eigenvalue weighted by Gasteiger charge is 2.13. The molecule has 0 fully saturated rings. The molecule has 0 aliphatic heterocycles. The van der Waals surface area contributed by atoms with Crippen molar-refractivity contribution in [3.8, 4) is 11.5 Å². The van der Waals surface area contributed by atoms with Crippen molar-refractivity contribution in [3.63, 3.8) is 0 Å². The predicted molar refractivity (Wildman–Crippen MR) is 108 cm³/mol. The Labute approximate surface area is 168 Å². The summed E-state index contributed by atoms with van der Waals surface area (Å²) >= 11 is 0. The van der Waals surface area contributed by atoms with Gasteiger partial charge in [0.25, 0.3) is 5.91 Å². The van der Waals surface area contributed by atoms with Crippen LogP contribution in [0.2, 0.25) is 0 Å². The van der Waals surface area contributed by atoms with Gasteiger partial charge in [-0.1, -0.05) is 17.7 Å². The van der Waals surface area contributed by atoms with Crippen molar-refractivity contribution in [1.82, 2.24) is 10.4 Å². The van der Waals surface area contributed by atoms with Gasteiger partial charge in [-0.3, -0.25) is 9.78 Å². The van der Waals surface area contributed by atoms with E-state index in [1.54, 1.807) is 48.7 Å². The van der Waals surface area contributed by atoms with Crippen molar-refractivity contribution in [3.05, 3.63) is 89.2 Å². The maximum Gasteiger partial charge on any atom is 0.345 e. The highest BCUT2D eigenvalue weighted by atomic mass is 16.6. The van der Waals surface area contributed by atoms with Gasteiger partial charge < -0.3 is 9.47 Å². The van der Waals surface area contributed by atoms with Crippen molar-refractivity contribution in [2.24, 2.45) is 5.10 Å². The lowest BCUT2D eigenvalue weighted by atomic mass is 10.1. The number of carbonyl (C=O) groups excluding carboxylic acids is 2. The van der Waals surface area contributed by atoms with Crippen molar-refractivity contribution in [2.75, 3.05) is 7.11 Å². The molecule has 0 aliphatic carbocycles. The average Bonchev–Trinajstić information content (AvgIpc) is 2.75. The van der Waals surface area contributed by atoms with Gasteiger partial charge in [0, 0.05) is 18.0 Å². The molecule has 0 bridgehead atoms. The minimum absolute atomic E-state index is 0.266. The second kappa shape index (κ2) is 9.27. The fourth-order valence-electron chi connectivity index (χ4n) is 2.43. The van der Waals surface area contributed by atoms with E-state index in [-0.39, 0.29) is 11.7 Å². The first-order chi connectivity index (χ1) is 14.1. The number of hydrogen-bond acceptors (Lipinski definition) is 6. The number of amides is 1. The minimum atomic E-state index is -0.539. The molecule has 0 spiro atoms. The van der Waals surface area contributed by atoms with Crippen LogP contribution in [0.15, 0.2) is 72.1 Å². The van der Waals surface area contributed by atoms with Crippen molar-refractivity contribution in [1.29, 1.82) is 0 Å². The molecule has 0 atom stereocenters. The standard InChI is InChI=1S/C22H19N3O4/c1-15-5-8-17(9-6-15)21(26)25-24-13-16-7-10-19(20(12-16)28-2)29-22(27)18-4-3-11-23-14-18/h3-14H,1-2H3,(H,25,26)/b24-13-. The second-order valence-electron chi connectivity index (χ2n) is 6.11. The van der Waals surface area contributed by atoms with Crippen LogP contribution in [-0.4, -0.2) is 30.2 Å². The summed E-state index contributed by atoms with van der Waals surface area (Å²) in [6.07, 6.45) is 4.47. The van der Waals surface area contributed by atoms with Crippen LogP contribution in [0.25, 0.3) is 0 Å². The molecule has 3 rings (SSSR count). The zero-order chi connectivity index (χ0) is 20.6. The highest BCUT2D eigenvalue weighted by Crippen LogP contribution is 2.28. The molecule has 2 aromatic carbocycles. The van der Waals surface area contributed by atoms with Gasteiger partial charge in [-0.15, -0.1) is 0 Å². The first-order valence-corrected chi connectivity index (χ1v) is 8.77. The smallest absolute Gasteiger partial charge is 0.345 e. The number of methoxy groups -OCH3 is 1. The second-order valence-corrected chi connectivity index (χ2v) is 6.11. The molecule has 1 amide bonds. The number of ether oxygens (including phenoxy) is 2. The number of pyridine rings is 1. The summed E-state index contributed by atoms with van der Waals surface area (Å²) in [5, 5.41) is 3.96. The fraction of sp³-hybridized carbons (Fsp3) is 0.0909. The fourth-order valence-corrected chi connectivity index (χ4v) is 2.43. The number of hydrazone groups is 1. The Balaban J connectivity index is 1.66. The van der Waals surface area contributed by atoms with Gasteiger partial charge in [-0.2, -0.15) is 5.10 Å². The normalized spacial score (nSPS) is 10.6. The number of aryl methyl sites for hydroxylation is 1. The Morgan fingerprint density at radius 3 is 2.52 bits per heavy atom. The Kier molecular flexibility index (Phi) is 6.32. The van der Waals surface area contributed by atoms with Gasteiger partial charge in [0.2, 0.25) is 0 Å². The van der Waals surface area contributed by atoms with E-state index in [9.17, 15) is 9.59 Å². The van der Waals surface area contributed by atoms with Crippen LogP contribution in [-0.2, 0) is 0 Å². The van der Waals surface area contributed by atoms with Crippen molar-refractivity contribution in [2.45, 2.75) is 6.92 Å². The summed E-state index contributed by atoms with van der Waals surface area (Å²) in [7, 11) is 1.47. The van der Waals surface area contributed by atoms with Gasteiger partial charge in [-0.05, 0) is 55.0 Å². The third-order valence-electron chi connectivity index (χ3n) is 3.98. The van der Waals surface area contributed by atoms with Gasteiger partial charge >= 0.3 is 5.97 Å². The summed E-state index contributed by atoms with van der Waals surface area (Å²) in [6.45, 7) is 1.95. The Morgan fingerprint density at radius 2 is 1.83 bits per heavy atom. The summed E-state index contributed by atoms with van der Waals surface area (Å²) in [5.41, 5.74) is 5.05. The first-order valence-electron chi connectivity index (χ1n) is 8.77. The molecule has 0 radical (unpaired) electrons. The molecule has 1 aromatic heterocycles. The van der Waals surface area contributed by atoms with Crippen LogP contribution in [0.1, 0.15) is 31.8 Å². The van der Waals surface area contributed by atoms with Crippen LogP contribution >= 0.6 is 0 Å². The van der Waals surface area contributed by atoms with E-state index < -0.39 is 5.97 Å². The first kappa shape index (κ1) is 19.8. The van der Waals surface area contributed by atoms with E-state index in [0.717, 1.165) is 5.56 Å². The SMILES string of the molecule is COc1cc(/C=N\NC(=O)c2ccc(C)cc2)ccc1OC(=O)c1cccnc1. The molecule has 146 valence electrons. The number of nitrogens with zero attached hydrogens (tertiary/aromatic N) is 2. The zero-order valence-electron chi connectivity index (χ0n) is 16.0. The lowest BCUT2D eigenvalue weighted by Crippen LogP contribution is -2.17. The van der Waals surface area contributed by atoms with E-state index in [1.807, 2.05) is 19.1 Å². The Hall–Kier alpha value is -4.00. The lowest BCUT2D eigenvalue weighted by molar-refractivity contribution is 0.0729. The topological polar surface area (TPSA) is 89.9 Å². The third kappa shape index (κ3) is 5.26. The molecule has 1 heterocycles. The van der Waals surface area contributed by atoms with Crippen LogP contribution in [0.5, 0.6) is 11.5 Å². The molecule has 1 N–H and O–H groups in total. The van der Waals surface area contributed by atoms with E-state index in [4.69, 9.17) is 9.47 Å². The molecule has 3 aromatic rings. The molecule has 29 heavy (non-hydrogen) atoms. The van der Waals surface area contributed by atoms with Crippen LogP contribution in [0, 0.1) is 6.92 Å². The Bertz CT molecular complexity index is 1030. The van der Waals surface area contributed by atoms with Gasteiger partial charge in [0.05, 0.1) is 18.9 Å². The van der Waals surface area contributed by atoms with Gasteiger partial charge in [-0.25, -0.2) is 10.2 Å². The van der Waals surface area contributed by atoms with Crippen molar-refractivity contribution < 1.29 is 19.1 Å². The molecular weight excluding hydrogens is 370 g/mol. The quantitative estimate of drug-likeness (QED) is 0.302. The zero-order valence-corrected chi connectivity index (χ0v) is 16.0. The molecule has 0 aliphatic rings. The number of benzene rings is 2. The van der Waals surface area contributed by atoms with Gasteiger partial charge in [0.15, 0.2) is 11.5 Å². The minimum Gasteiger partial charge on any atom is -0.493 e. The van der Waals surface area contributed by atoms with Crippen molar-refractivity contribution >= 4 is 18.1 Å². The van der Waals surface area contributed by atoms with Gasteiger partial charge in [0.1, 0.15) is 0 Å².